The molecule has 0 bridgehead atoms. The normalized spacial score (nSPS) is 9.84. The summed E-state index contributed by atoms with van der Waals surface area (Å²) in [5, 5.41) is 12.8. The van der Waals surface area contributed by atoms with Gasteiger partial charge in [-0.3, -0.25) is 10.1 Å². The van der Waals surface area contributed by atoms with Gasteiger partial charge in [0, 0.05) is 6.07 Å². The molecule has 10 heteroatoms. The minimum Gasteiger partial charge on any atom is -0.465 e. The van der Waals surface area contributed by atoms with Crippen molar-refractivity contribution in [3.8, 4) is 0 Å². The standard InChI is InChI=1S/C9H7BrFN3O4S/c1-18-8(15)5-6(11)3(10)2-4(14(16)17)7(5)13-9(12)19/h2H,1H3,(H3,12,13,19). The van der Waals surface area contributed by atoms with Crippen LogP contribution in [0.4, 0.5) is 15.8 Å². The first kappa shape index (κ1) is 15.2. The van der Waals surface area contributed by atoms with Gasteiger partial charge in [-0.05, 0) is 28.1 Å². The lowest BCUT2D eigenvalue weighted by atomic mass is 10.1. The Morgan fingerprint density at radius 2 is 2.26 bits per heavy atom. The molecule has 19 heavy (non-hydrogen) atoms. The highest BCUT2D eigenvalue weighted by Crippen LogP contribution is 2.35. The Morgan fingerprint density at radius 3 is 2.68 bits per heavy atom. The Bertz CT molecular complexity index is 581. The number of nitrogens with zero attached hydrogens (tertiary/aromatic N) is 1. The van der Waals surface area contributed by atoms with Gasteiger partial charge in [-0.25, -0.2) is 9.18 Å². The molecule has 0 aliphatic carbocycles. The maximum absolute atomic E-state index is 13.9. The van der Waals surface area contributed by atoms with Gasteiger partial charge in [-0.15, -0.1) is 0 Å². The number of nitrogens with one attached hydrogen (secondary N) is 1. The molecule has 0 unspecified atom stereocenters. The monoisotopic (exact) mass is 351 g/mol. The molecule has 3 N–H and O–H groups in total. The van der Waals surface area contributed by atoms with Crippen molar-refractivity contribution in [1.29, 1.82) is 0 Å². The number of halogens is 2. The van der Waals surface area contributed by atoms with Crippen LogP contribution < -0.4 is 11.1 Å². The van der Waals surface area contributed by atoms with Gasteiger partial charge < -0.3 is 15.8 Å². The van der Waals surface area contributed by atoms with Crippen molar-refractivity contribution in [2.24, 2.45) is 5.73 Å². The van der Waals surface area contributed by atoms with E-state index in [0.29, 0.717) is 0 Å². The molecule has 0 radical (unpaired) electrons. The van der Waals surface area contributed by atoms with E-state index >= 15 is 0 Å². The topological polar surface area (TPSA) is 107 Å². The van der Waals surface area contributed by atoms with Crippen molar-refractivity contribution in [3.63, 3.8) is 0 Å². The van der Waals surface area contributed by atoms with Crippen molar-refractivity contribution in [2.45, 2.75) is 0 Å². The third kappa shape index (κ3) is 3.15. The van der Waals surface area contributed by atoms with E-state index in [2.05, 4.69) is 38.2 Å². The number of hydrogen-bond donors (Lipinski definition) is 2. The maximum Gasteiger partial charge on any atom is 0.343 e. The molecule has 1 aromatic carbocycles. The molecular weight excluding hydrogens is 345 g/mol. The van der Waals surface area contributed by atoms with Gasteiger partial charge in [0.1, 0.15) is 11.3 Å². The molecule has 0 atom stereocenters. The van der Waals surface area contributed by atoms with Crippen LogP contribution in [0.15, 0.2) is 10.5 Å². The summed E-state index contributed by atoms with van der Waals surface area (Å²) in [6, 6.07) is 0.891. The van der Waals surface area contributed by atoms with Crippen molar-refractivity contribution in [2.75, 3.05) is 12.4 Å². The van der Waals surface area contributed by atoms with E-state index in [1.165, 1.54) is 0 Å². The molecule has 1 aromatic rings. The molecule has 0 saturated heterocycles. The zero-order valence-electron chi connectivity index (χ0n) is 9.40. The Kier molecular flexibility index (Phi) is 4.72. The van der Waals surface area contributed by atoms with E-state index in [1.54, 1.807) is 0 Å². The highest BCUT2D eigenvalue weighted by molar-refractivity contribution is 9.10. The third-order valence-corrected chi connectivity index (χ3v) is 2.71. The first-order valence-electron chi connectivity index (χ1n) is 4.60. The maximum atomic E-state index is 13.9. The summed E-state index contributed by atoms with van der Waals surface area (Å²) in [6.45, 7) is 0. The summed E-state index contributed by atoms with van der Waals surface area (Å²) in [5.41, 5.74) is 3.53. The molecule has 102 valence electrons. The Labute approximate surface area is 120 Å². The largest absolute Gasteiger partial charge is 0.465 e. The molecule has 0 amide bonds. The van der Waals surface area contributed by atoms with Crippen LogP contribution in [-0.4, -0.2) is 23.1 Å². The van der Waals surface area contributed by atoms with Crippen molar-refractivity contribution in [1.82, 2.24) is 0 Å². The summed E-state index contributed by atoms with van der Waals surface area (Å²) in [4.78, 5) is 21.6. The van der Waals surface area contributed by atoms with E-state index in [-0.39, 0.29) is 9.59 Å². The van der Waals surface area contributed by atoms with Gasteiger partial charge in [0.25, 0.3) is 5.69 Å². The lowest BCUT2D eigenvalue weighted by molar-refractivity contribution is -0.384. The number of anilines is 1. The molecule has 1 rings (SSSR count). The predicted molar refractivity (Wildman–Crippen MR) is 72.5 cm³/mol. The zero-order chi connectivity index (χ0) is 14.7. The van der Waals surface area contributed by atoms with Crippen molar-refractivity contribution < 1.29 is 18.8 Å². The SMILES string of the molecule is COC(=O)c1c(F)c(Br)cc([N+](=O)[O-])c1NC(N)=S. The Morgan fingerprint density at radius 1 is 1.68 bits per heavy atom. The second kappa shape index (κ2) is 5.89. The summed E-state index contributed by atoms with van der Waals surface area (Å²) < 4.78 is 18.0. The van der Waals surface area contributed by atoms with Crippen LogP contribution >= 0.6 is 28.1 Å². The molecule has 0 saturated carbocycles. The molecule has 0 aliphatic rings. The van der Waals surface area contributed by atoms with Gasteiger partial charge in [-0.2, -0.15) is 0 Å². The van der Waals surface area contributed by atoms with Crippen molar-refractivity contribution >= 4 is 50.6 Å². The molecular formula is C9H7BrFN3O4S. The average molecular weight is 352 g/mol. The fourth-order valence-electron chi connectivity index (χ4n) is 1.30. The highest BCUT2D eigenvalue weighted by atomic mass is 79.9. The second-order valence-corrected chi connectivity index (χ2v) is 4.47. The predicted octanol–water partition coefficient (Wildman–Crippen LogP) is 1.94. The fraction of sp³-hybridized carbons (Fsp3) is 0.111. The zero-order valence-corrected chi connectivity index (χ0v) is 11.8. The molecule has 0 heterocycles. The fourth-order valence-corrected chi connectivity index (χ4v) is 1.82. The van der Waals surface area contributed by atoms with Gasteiger partial charge in [-0.1, -0.05) is 0 Å². The molecule has 0 aromatic heterocycles. The molecule has 0 aliphatic heterocycles. The third-order valence-electron chi connectivity index (χ3n) is 2.03. The number of nitro benzene ring substituents is 1. The first-order chi connectivity index (χ1) is 8.79. The number of rotatable bonds is 3. The number of thiocarbonyl (C=S) groups is 1. The van der Waals surface area contributed by atoms with Crippen LogP contribution in [0.1, 0.15) is 10.4 Å². The van der Waals surface area contributed by atoms with E-state index in [1.807, 2.05) is 0 Å². The summed E-state index contributed by atoms with van der Waals surface area (Å²) in [6.07, 6.45) is 0. The van der Waals surface area contributed by atoms with Crippen LogP contribution in [-0.2, 0) is 4.74 Å². The number of nitro groups is 1. The van der Waals surface area contributed by atoms with Gasteiger partial charge >= 0.3 is 5.97 Å². The van der Waals surface area contributed by atoms with Gasteiger partial charge in [0.2, 0.25) is 0 Å². The van der Waals surface area contributed by atoms with E-state index in [9.17, 15) is 19.3 Å². The van der Waals surface area contributed by atoms with Gasteiger partial charge in [0.15, 0.2) is 10.9 Å². The lowest BCUT2D eigenvalue weighted by Crippen LogP contribution is -2.22. The minimum absolute atomic E-state index is 0.256. The van der Waals surface area contributed by atoms with Crippen LogP contribution in [0.2, 0.25) is 0 Å². The van der Waals surface area contributed by atoms with Crippen LogP contribution in [0.3, 0.4) is 0 Å². The molecule has 0 spiro atoms. The van der Waals surface area contributed by atoms with Crippen LogP contribution in [0.25, 0.3) is 0 Å². The second-order valence-electron chi connectivity index (χ2n) is 3.18. The summed E-state index contributed by atoms with van der Waals surface area (Å²) in [7, 11) is 1.01. The molecule has 7 nitrogen and oxygen atoms in total. The first-order valence-corrected chi connectivity index (χ1v) is 5.80. The number of hydrogen-bond acceptors (Lipinski definition) is 5. The number of ether oxygens (including phenoxy) is 1. The minimum atomic E-state index is -1.10. The number of benzene rings is 1. The number of methoxy groups -OCH3 is 1. The number of nitrogens with two attached hydrogens (primary N) is 1. The summed E-state index contributed by atoms with van der Waals surface area (Å²) >= 11 is 7.32. The Hall–Kier alpha value is -1.81. The number of carbonyl (C=O) groups excluding carboxylic acids is 1. The summed E-state index contributed by atoms with van der Waals surface area (Å²) in [5.74, 6) is -2.11. The number of esters is 1. The highest BCUT2D eigenvalue weighted by Gasteiger charge is 2.29. The van der Waals surface area contributed by atoms with Crippen LogP contribution in [0, 0.1) is 15.9 Å². The van der Waals surface area contributed by atoms with Crippen molar-refractivity contribution in [3.05, 3.63) is 32.0 Å². The number of carbonyl (C=O) groups is 1. The average Bonchev–Trinajstić information content (AvgIpc) is 2.32. The quantitative estimate of drug-likeness (QED) is 0.370. The van der Waals surface area contributed by atoms with Gasteiger partial charge in [0.05, 0.1) is 16.5 Å². The smallest absolute Gasteiger partial charge is 0.343 e. The Balaban J connectivity index is 3.68. The lowest BCUT2D eigenvalue weighted by Gasteiger charge is -2.11. The molecule has 0 fully saturated rings. The van der Waals surface area contributed by atoms with E-state index in [0.717, 1.165) is 13.2 Å². The van der Waals surface area contributed by atoms with Crippen LogP contribution in [0.5, 0.6) is 0 Å². The van der Waals surface area contributed by atoms with E-state index in [4.69, 9.17) is 5.73 Å². The van der Waals surface area contributed by atoms with E-state index < -0.39 is 33.6 Å².